The van der Waals surface area contributed by atoms with Crippen molar-refractivity contribution in [1.29, 1.82) is 0 Å². The first-order valence-corrected chi connectivity index (χ1v) is 8.97. The molecule has 0 aromatic rings. The first-order chi connectivity index (χ1) is 9.52. The molecule has 8 aliphatic rings. The Bertz CT molecular complexity index is 550. The summed E-state index contributed by atoms with van der Waals surface area (Å²) in [6, 6.07) is 0. The number of hydrogen-bond donors (Lipinski definition) is 2. The van der Waals surface area contributed by atoms with E-state index in [1.54, 1.807) is 0 Å². The van der Waals surface area contributed by atoms with E-state index in [-0.39, 0.29) is 11.2 Å². The zero-order chi connectivity index (χ0) is 13.1. The van der Waals surface area contributed by atoms with Crippen LogP contribution in [0.2, 0.25) is 0 Å². The molecule has 1 spiro atoms. The number of fused-ring (bicyclic) bond motifs is 2. The summed E-state index contributed by atoms with van der Waals surface area (Å²) in [5, 5.41) is 22.3. The largest absolute Gasteiger partial charge is 0.390 e. The Hall–Kier alpha value is -0.0800. The summed E-state index contributed by atoms with van der Waals surface area (Å²) < 4.78 is 0. The number of hydrogen-bond acceptors (Lipinski definition) is 2. The van der Waals surface area contributed by atoms with Crippen molar-refractivity contribution in [2.24, 2.45) is 52.8 Å². The minimum Gasteiger partial charge on any atom is -0.390 e. The summed E-state index contributed by atoms with van der Waals surface area (Å²) in [6.07, 6.45) is 7.99. The molecule has 108 valence electrons. The van der Waals surface area contributed by atoms with Crippen LogP contribution in [-0.4, -0.2) is 21.4 Å². The molecular formula is C18H24O2. The molecule has 11 unspecified atom stereocenters. The van der Waals surface area contributed by atoms with Gasteiger partial charge in [0.05, 0.1) is 11.2 Å². The zero-order valence-corrected chi connectivity index (χ0v) is 12.0. The van der Waals surface area contributed by atoms with Crippen molar-refractivity contribution in [3.05, 3.63) is 0 Å². The highest BCUT2D eigenvalue weighted by atomic mass is 16.3. The molecule has 20 heavy (non-hydrogen) atoms. The van der Waals surface area contributed by atoms with E-state index in [2.05, 4.69) is 0 Å². The SMILES string of the molecule is OC12CC3CC4C(C1)C1C5CC6(O)CC(C45)C3C1(C2)C6. The van der Waals surface area contributed by atoms with Gasteiger partial charge in [0.25, 0.3) is 0 Å². The van der Waals surface area contributed by atoms with Crippen LogP contribution in [0, 0.1) is 52.8 Å². The van der Waals surface area contributed by atoms with Gasteiger partial charge in [-0.25, -0.2) is 0 Å². The van der Waals surface area contributed by atoms with Gasteiger partial charge in [0, 0.05) is 0 Å². The van der Waals surface area contributed by atoms with Gasteiger partial charge in [0.15, 0.2) is 0 Å². The molecule has 0 radical (unpaired) electrons. The Morgan fingerprint density at radius 2 is 1.35 bits per heavy atom. The van der Waals surface area contributed by atoms with Crippen molar-refractivity contribution < 1.29 is 10.2 Å². The second kappa shape index (κ2) is 2.54. The summed E-state index contributed by atoms with van der Waals surface area (Å²) in [6.45, 7) is 0. The highest BCUT2D eigenvalue weighted by Gasteiger charge is 2.82. The zero-order valence-electron chi connectivity index (χ0n) is 12.0. The average Bonchev–Trinajstić information content (AvgIpc) is 2.51. The molecule has 11 atom stereocenters. The lowest BCUT2D eigenvalue weighted by Gasteiger charge is -2.74. The molecule has 8 saturated carbocycles. The van der Waals surface area contributed by atoms with Crippen LogP contribution >= 0.6 is 0 Å². The minimum absolute atomic E-state index is 0.338. The highest BCUT2D eigenvalue weighted by Crippen LogP contribution is 2.85. The van der Waals surface area contributed by atoms with E-state index in [0.717, 1.165) is 85.9 Å². The predicted octanol–water partition coefficient (Wildman–Crippen LogP) is 2.19. The van der Waals surface area contributed by atoms with Gasteiger partial charge < -0.3 is 10.2 Å². The standard InChI is InChI=1S/C18H24O2/c19-16-2-8-1-9-10(3-16)15-12-5-17(20)4-11(13(9)12)14(8)18(15,6-16)7-17/h8-15,19-20H,1-7H2. The molecule has 8 bridgehead atoms. The molecule has 0 aliphatic heterocycles. The van der Waals surface area contributed by atoms with Crippen LogP contribution in [-0.2, 0) is 0 Å². The third kappa shape index (κ3) is 0.803. The molecule has 8 aliphatic carbocycles. The maximum atomic E-state index is 11.2. The maximum absolute atomic E-state index is 11.2. The topological polar surface area (TPSA) is 40.5 Å². The third-order valence-corrected chi connectivity index (χ3v) is 9.63. The van der Waals surface area contributed by atoms with Gasteiger partial charge in [-0.05, 0) is 97.7 Å². The quantitative estimate of drug-likeness (QED) is 0.709. The lowest BCUT2D eigenvalue weighted by Crippen LogP contribution is -2.72. The maximum Gasteiger partial charge on any atom is 0.0659 e. The lowest BCUT2D eigenvalue weighted by molar-refractivity contribution is -0.303. The van der Waals surface area contributed by atoms with Gasteiger partial charge in [-0.3, -0.25) is 0 Å². The lowest BCUT2D eigenvalue weighted by atomic mass is 9.31. The van der Waals surface area contributed by atoms with Gasteiger partial charge in [-0.2, -0.15) is 0 Å². The van der Waals surface area contributed by atoms with E-state index < -0.39 is 0 Å². The molecule has 0 aromatic carbocycles. The summed E-state index contributed by atoms with van der Waals surface area (Å²) in [4.78, 5) is 0. The van der Waals surface area contributed by atoms with Crippen LogP contribution in [0.4, 0.5) is 0 Å². The molecule has 0 aromatic heterocycles. The minimum atomic E-state index is -0.346. The molecule has 0 saturated heterocycles. The Morgan fingerprint density at radius 1 is 0.700 bits per heavy atom. The fourth-order valence-corrected chi connectivity index (χ4v) is 10.5. The fourth-order valence-electron chi connectivity index (χ4n) is 10.5. The fraction of sp³-hybridized carbons (Fsp3) is 1.00. The van der Waals surface area contributed by atoms with E-state index in [1.165, 1.54) is 6.42 Å². The highest BCUT2D eigenvalue weighted by molar-refractivity contribution is 5.31. The summed E-state index contributed by atoms with van der Waals surface area (Å²) in [5.41, 5.74) is -0.320. The van der Waals surface area contributed by atoms with Crippen LogP contribution < -0.4 is 0 Å². The molecule has 0 amide bonds. The summed E-state index contributed by atoms with van der Waals surface area (Å²) in [7, 11) is 0. The Kier molecular flexibility index (Phi) is 1.35. The molecule has 8 rings (SSSR count). The van der Waals surface area contributed by atoms with Crippen molar-refractivity contribution in [2.45, 2.75) is 56.1 Å². The second-order valence-electron chi connectivity index (χ2n) is 10.1. The van der Waals surface area contributed by atoms with E-state index in [4.69, 9.17) is 0 Å². The molecule has 2 nitrogen and oxygen atoms in total. The Labute approximate surface area is 119 Å². The summed E-state index contributed by atoms with van der Waals surface area (Å²) >= 11 is 0. The normalized spacial score (nSPS) is 80.7. The van der Waals surface area contributed by atoms with Crippen LogP contribution in [0.1, 0.15) is 44.9 Å². The van der Waals surface area contributed by atoms with Crippen molar-refractivity contribution in [1.82, 2.24) is 0 Å². The molecule has 0 heterocycles. The van der Waals surface area contributed by atoms with Crippen molar-refractivity contribution in [3.63, 3.8) is 0 Å². The van der Waals surface area contributed by atoms with E-state index >= 15 is 0 Å². The van der Waals surface area contributed by atoms with E-state index in [1.807, 2.05) is 0 Å². The number of aliphatic hydroxyl groups is 2. The smallest absolute Gasteiger partial charge is 0.0659 e. The van der Waals surface area contributed by atoms with Crippen molar-refractivity contribution in [3.8, 4) is 0 Å². The molecular weight excluding hydrogens is 248 g/mol. The average molecular weight is 272 g/mol. The van der Waals surface area contributed by atoms with Gasteiger partial charge >= 0.3 is 0 Å². The second-order valence-corrected chi connectivity index (χ2v) is 10.1. The summed E-state index contributed by atoms with van der Waals surface area (Å²) in [5.74, 6) is 6.95. The van der Waals surface area contributed by atoms with Gasteiger partial charge in [-0.1, -0.05) is 0 Å². The predicted molar refractivity (Wildman–Crippen MR) is 72.6 cm³/mol. The molecule has 2 heteroatoms. The van der Waals surface area contributed by atoms with Crippen LogP contribution in [0.5, 0.6) is 0 Å². The Balaban J connectivity index is 1.58. The van der Waals surface area contributed by atoms with E-state index in [0.29, 0.717) is 5.41 Å². The van der Waals surface area contributed by atoms with Gasteiger partial charge in [0.2, 0.25) is 0 Å². The van der Waals surface area contributed by atoms with Gasteiger partial charge in [0.1, 0.15) is 0 Å². The van der Waals surface area contributed by atoms with Crippen LogP contribution in [0.25, 0.3) is 0 Å². The van der Waals surface area contributed by atoms with Crippen molar-refractivity contribution in [2.75, 3.05) is 0 Å². The van der Waals surface area contributed by atoms with Gasteiger partial charge in [-0.15, -0.1) is 0 Å². The Morgan fingerprint density at radius 3 is 2.15 bits per heavy atom. The van der Waals surface area contributed by atoms with Crippen LogP contribution in [0.15, 0.2) is 0 Å². The van der Waals surface area contributed by atoms with E-state index in [9.17, 15) is 10.2 Å². The third-order valence-electron chi connectivity index (χ3n) is 9.63. The monoisotopic (exact) mass is 272 g/mol. The van der Waals surface area contributed by atoms with Crippen LogP contribution in [0.3, 0.4) is 0 Å². The first-order valence-electron chi connectivity index (χ1n) is 8.97. The van der Waals surface area contributed by atoms with Crippen molar-refractivity contribution >= 4 is 0 Å². The number of rotatable bonds is 0. The molecule has 8 fully saturated rings. The first kappa shape index (κ1) is 10.6. The molecule has 2 N–H and O–H groups in total.